The Hall–Kier alpha value is -4.44. The van der Waals surface area contributed by atoms with E-state index in [0.29, 0.717) is 6.07 Å². The molecule has 0 spiro atoms. The minimum atomic E-state index is -4.84. The van der Waals surface area contributed by atoms with E-state index in [1.807, 2.05) is 0 Å². The van der Waals surface area contributed by atoms with Crippen LogP contribution in [0.25, 0.3) is 0 Å². The van der Waals surface area contributed by atoms with E-state index in [2.05, 4.69) is 15.3 Å². The largest absolute Gasteiger partial charge is 0.417 e. The molecule has 13 heteroatoms. The number of carbonyl (C=O) groups excluding carboxylic acids is 2. The highest BCUT2D eigenvalue weighted by Gasteiger charge is 2.51. The Morgan fingerprint density at radius 2 is 1.89 bits per heavy atom. The Morgan fingerprint density at radius 3 is 2.50 bits per heavy atom. The number of nitriles is 1. The smallest absolute Gasteiger partial charge is 0.345 e. The van der Waals surface area contributed by atoms with E-state index in [0.717, 1.165) is 17.0 Å². The molecule has 2 amide bonds. The van der Waals surface area contributed by atoms with Gasteiger partial charge in [0.25, 0.3) is 11.8 Å². The highest BCUT2D eigenvalue weighted by molar-refractivity contribution is 7.81. The van der Waals surface area contributed by atoms with Gasteiger partial charge in [0, 0.05) is 12.3 Å². The fourth-order valence-electron chi connectivity index (χ4n) is 3.92. The van der Waals surface area contributed by atoms with Crippen molar-refractivity contribution >= 4 is 40.5 Å². The molecule has 2 aromatic heterocycles. The van der Waals surface area contributed by atoms with Crippen molar-refractivity contribution < 1.29 is 27.2 Å². The van der Waals surface area contributed by atoms with E-state index >= 15 is 0 Å². The molecule has 38 heavy (non-hydrogen) atoms. The standard InChI is InChI=1S/C25H18F4N6O2S/c1-24(2)22(37)34(15-7-6-14(11-30)17(9-15)25(27,28)29)23(38)35(24)16-10-18(26)20(32-12-16)13-33-21(36)19-5-3-4-8-31-19/h3-10,12H,13H2,1-2H3,(H,33,36). The van der Waals surface area contributed by atoms with Crippen molar-refractivity contribution in [2.45, 2.75) is 32.1 Å². The number of alkyl halides is 3. The molecule has 0 radical (unpaired) electrons. The maximum absolute atomic E-state index is 15.0. The minimum Gasteiger partial charge on any atom is -0.345 e. The number of nitrogens with zero attached hydrogens (tertiary/aromatic N) is 5. The van der Waals surface area contributed by atoms with Crippen LogP contribution in [0.15, 0.2) is 54.9 Å². The van der Waals surface area contributed by atoms with Crippen molar-refractivity contribution in [1.29, 1.82) is 5.26 Å². The Balaban J connectivity index is 1.62. The van der Waals surface area contributed by atoms with Crippen LogP contribution in [0, 0.1) is 17.1 Å². The minimum absolute atomic E-state index is 0.0813. The van der Waals surface area contributed by atoms with Gasteiger partial charge in [-0.15, -0.1) is 0 Å². The van der Waals surface area contributed by atoms with Gasteiger partial charge >= 0.3 is 6.18 Å². The summed E-state index contributed by atoms with van der Waals surface area (Å²) in [6.45, 7) is 2.72. The summed E-state index contributed by atoms with van der Waals surface area (Å²) in [5.74, 6) is -1.99. The Labute approximate surface area is 219 Å². The molecule has 0 aliphatic carbocycles. The number of carbonyl (C=O) groups is 2. The molecule has 0 bridgehead atoms. The van der Waals surface area contributed by atoms with Gasteiger partial charge < -0.3 is 10.2 Å². The molecule has 1 aliphatic rings. The second-order valence-electron chi connectivity index (χ2n) is 8.68. The van der Waals surface area contributed by atoms with E-state index in [-0.39, 0.29) is 34.4 Å². The summed E-state index contributed by atoms with van der Waals surface area (Å²) in [5.41, 5.74) is -3.29. The lowest BCUT2D eigenvalue weighted by Gasteiger charge is -2.29. The SMILES string of the molecule is CC1(C)C(=O)N(c2ccc(C#N)c(C(F)(F)F)c2)C(=S)N1c1cnc(CNC(=O)c2ccccn2)c(F)c1. The maximum atomic E-state index is 15.0. The molecule has 8 nitrogen and oxygen atoms in total. The van der Waals surface area contributed by atoms with Gasteiger partial charge in [-0.3, -0.25) is 24.5 Å². The van der Waals surface area contributed by atoms with Crippen molar-refractivity contribution in [2.24, 2.45) is 0 Å². The molecule has 1 fully saturated rings. The maximum Gasteiger partial charge on any atom is 0.417 e. The molecule has 0 saturated carbocycles. The summed E-state index contributed by atoms with van der Waals surface area (Å²) in [6.07, 6.45) is -2.15. The molecular weight excluding hydrogens is 524 g/mol. The zero-order valence-corrected chi connectivity index (χ0v) is 20.7. The number of hydrogen-bond donors (Lipinski definition) is 1. The lowest BCUT2D eigenvalue weighted by Crippen LogP contribution is -2.44. The molecule has 1 N–H and O–H groups in total. The molecule has 3 aromatic rings. The van der Waals surface area contributed by atoms with Crippen LogP contribution in [0.2, 0.25) is 0 Å². The summed E-state index contributed by atoms with van der Waals surface area (Å²) in [6, 6.07) is 10.1. The summed E-state index contributed by atoms with van der Waals surface area (Å²) < 4.78 is 55.5. The fraction of sp³-hybridized carbons (Fsp3) is 0.200. The van der Waals surface area contributed by atoms with Crippen LogP contribution in [0.1, 0.15) is 41.2 Å². The molecule has 194 valence electrons. The van der Waals surface area contributed by atoms with E-state index in [1.54, 1.807) is 12.1 Å². The molecule has 4 rings (SSSR count). The Bertz CT molecular complexity index is 1490. The quantitative estimate of drug-likeness (QED) is 0.378. The first-order valence-electron chi connectivity index (χ1n) is 11.0. The number of aromatic nitrogens is 2. The predicted molar refractivity (Wildman–Crippen MR) is 132 cm³/mol. The Morgan fingerprint density at radius 1 is 1.16 bits per heavy atom. The van der Waals surface area contributed by atoms with Gasteiger partial charge in [0.05, 0.1) is 47.0 Å². The van der Waals surface area contributed by atoms with E-state index in [1.165, 1.54) is 49.3 Å². The number of anilines is 2. The number of thiocarbonyl (C=S) groups is 1. The third kappa shape index (κ3) is 4.78. The van der Waals surface area contributed by atoms with E-state index < -0.39 is 40.5 Å². The average molecular weight is 543 g/mol. The zero-order valence-electron chi connectivity index (χ0n) is 19.9. The number of halogens is 4. The summed E-state index contributed by atoms with van der Waals surface area (Å²) >= 11 is 5.44. The van der Waals surface area contributed by atoms with Crippen LogP contribution in [-0.2, 0) is 17.5 Å². The molecule has 1 aliphatic heterocycles. The number of amides is 2. The van der Waals surface area contributed by atoms with E-state index in [9.17, 15) is 27.2 Å². The van der Waals surface area contributed by atoms with Gasteiger partial charge in [-0.2, -0.15) is 18.4 Å². The highest BCUT2D eigenvalue weighted by Crippen LogP contribution is 2.39. The number of pyridine rings is 2. The van der Waals surface area contributed by atoms with Gasteiger partial charge in [-0.05, 0) is 56.4 Å². The van der Waals surface area contributed by atoms with Crippen LogP contribution >= 0.6 is 12.2 Å². The van der Waals surface area contributed by atoms with Gasteiger partial charge in [0.1, 0.15) is 17.1 Å². The van der Waals surface area contributed by atoms with Gasteiger partial charge in [0.15, 0.2) is 5.11 Å². The second kappa shape index (κ2) is 9.79. The first kappa shape index (κ1) is 26.6. The molecule has 1 aromatic carbocycles. The Kier molecular flexibility index (Phi) is 6.86. The third-order valence-electron chi connectivity index (χ3n) is 5.83. The topological polar surface area (TPSA) is 102 Å². The van der Waals surface area contributed by atoms with Crippen LogP contribution in [-0.4, -0.2) is 32.4 Å². The lowest BCUT2D eigenvalue weighted by molar-refractivity contribution is -0.137. The monoisotopic (exact) mass is 542 g/mol. The third-order valence-corrected chi connectivity index (χ3v) is 6.20. The summed E-state index contributed by atoms with van der Waals surface area (Å²) in [5, 5.41) is 11.4. The fourth-order valence-corrected chi connectivity index (χ4v) is 4.44. The van der Waals surface area contributed by atoms with Crippen molar-refractivity contribution in [3.05, 3.63) is 83.2 Å². The van der Waals surface area contributed by atoms with Gasteiger partial charge in [-0.25, -0.2) is 4.39 Å². The zero-order chi connectivity index (χ0) is 27.8. The highest BCUT2D eigenvalue weighted by atomic mass is 32.1. The van der Waals surface area contributed by atoms with Crippen molar-refractivity contribution in [1.82, 2.24) is 15.3 Å². The lowest BCUT2D eigenvalue weighted by atomic mass is 10.0. The summed E-state index contributed by atoms with van der Waals surface area (Å²) in [4.78, 5) is 35.6. The first-order chi connectivity index (χ1) is 17.9. The van der Waals surface area contributed by atoms with Crippen molar-refractivity contribution in [3.63, 3.8) is 0 Å². The number of benzene rings is 1. The van der Waals surface area contributed by atoms with Crippen molar-refractivity contribution in [3.8, 4) is 6.07 Å². The van der Waals surface area contributed by atoms with Crippen LogP contribution in [0.4, 0.5) is 28.9 Å². The van der Waals surface area contributed by atoms with Gasteiger partial charge in [0.2, 0.25) is 0 Å². The molecule has 1 saturated heterocycles. The first-order valence-corrected chi connectivity index (χ1v) is 11.4. The summed E-state index contributed by atoms with van der Waals surface area (Å²) in [7, 11) is 0. The predicted octanol–water partition coefficient (Wildman–Crippen LogP) is 4.35. The molecule has 0 unspecified atom stereocenters. The van der Waals surface area contributed by atoms with Crippen molar-refractivity contribution in [2.75, 3.05) is 9.80 Å². The second-order valence-corrected chi connectivity index (χ2v) is 9.04. The van der Waals surface area contributed by atoms with Crippen LogP contribution < -0.4 is 15.1 Å². The van der Waals surface area contributed by atoms with Crippen LogP contribution in [0.5, 0.6) is 0 Å². The molecular formula is C25H18F4N6O2S. The van der Waals surface area contributed by atoms with Gasteiger partial charge in [-0.1, -0.05) is 6.07 Å². The van der Waals surface area contributed by atoms with Crippen LogP contribution in [0.3, 0.4) is 0 Å². The molecule has 3 heterocycles. The average Bonchev–Trinajstić information content (AvgIpc) is 3.05. The number of nitrogens with one attached hydrogen (secondary N) is 1. The normalized spacial score (nSPS) is 15.0. The van der Waals surface area contributed by atoms with E-state index in [4.69, 9.17) is 17.5 Å². The number of hydrogen-bond acceptors (Lipinski definition) is 6. The number of rotatable bonds is 5. The molecule has 0 atom stereocenters.